The van der Waals surface area contributed by atoms with Gasteiger partial charge in [0.1, 0.15) is 5.75 Å². The van der Waals surface area contributed by atoms with Gasteiger partial charge in [0.25, 0.3) is 0 Å². The van der Waals surface area contributed by atoms with Crippen molar-refractivity contribution in [1.82, 2.24) is 0 Å². The van der Waals surface area contributed by atoms with Gasteiger partial charge in [0.15, 0.2) is 5.75 Å². The number of aryl methyl sites for hydroxylation is 1. The molecule has 2 aromatic rings. The molecule has 1 heterocycles. The number of hydrogen-bond donors (Lipinski definition) is 0. The van der Waals surface area contributed by atoms with E-state index in [4.69, 9.17) is 51.1 Å². The number of benzene rings is 2. The summed E-state index contributed by atoms with van der Waals surface area (Å²) in [5.41, 5.74) is 1.77. The first kappa shape index (κ1) is 14.7. The van der Waals surface area contributed by atoms with Gasteiger partial charge in [0.05, 0.1) is 24.9 Å². The van der Waals surface area contributed by atoms with Crippen molar-refractivity contribution in [3.63, 3.8) is 0 Å². The second-order valence-corrected chi connectivity index (χ2v) is 7.07. The van der Waals surface area contributed by atoms with Crippen molar-refractivity contribution in [1.29, 1.82) is 0 Å². The standard InChI is InChI=1S/C14H8Cl4OS/c1-5-3-9-14(11(18)10(5)17)20-13-6(2)7(15)4-8(16)12(13)19-9/h3-4H,1-2H3. The SMILES string of the molecule is Cc1cc2c(c(Cl)c1Cl)Sc1c(C)c(Cl)cc(Cl)c1O2. The number of ether oxygens (including phenoxy) is 1. The lowest BCUT2D eigenvalue weighted by molar-refractivity contribution is 0.453. The highest BCUT2D eigenvalue weighted by atomic mass is 35.5. The summed E-state index contributed by atoms with van der Waals surface area (Å²) >= 11 is 26.4. The van der Waals surface area contributed by atoms with E-state index in [1.165, 1.54) is 11.8 Å². The third kappa shape index (κ3) is 2.18. The lowest BCUT2D eigenvalue weighted by Crippen LogP contribution is -2.00. The third-order valence-electron chi connectivity index (χ3n) is 3.10. The van der Waals surface area contributed by atoms with E-state index in [9.17, 15) is 0 Å². The third-order valence-corrected chi connectivity index (χ3v) is 6.15. The Bertz CT molecular complexity index is 743. The molecular weight excluding hydrogens is 358 g/mol. The quantitative estimate of drug-likeness (QED) is 0.417. The van der Waals surface area contributed by atoms with Gasteiger partial charge in [-0.1, -0.05) is 58.2 Å². The summed E-state index contributed by atoms with van der Waals surface area (Å²) in [5.74, 6) is 1.28. The zero-order valence-corrected chi connectivity index (χ0v) is 14.3. The number of halogens is 4. The van der Waals surface area contributed by atoms with E-state index in [0.29, 0.717) is 31.6 Å². The van der Waals surface area contributed by atoms with E-state index in [1.807, 2.05) is 19.9 Å². The van der Waals surface area contributed by atoms with E-state index in [0.717, 1.165) is 20.9 Å². The lowest BCUT2D eigenvalue weighted by atomic mass is 10.2. The normalized spacial score (nSPS) is 12.7. The van der Waals surface area contributed by atoms with Gasteiger partial charge in [0.2, 0.25) is 0 Å². The molecule has 0 aliphatic carbocycles. The molecule has 1 nitrogen and oxygen atoms in total. The minimum atomic E-state index is 0.484. The zero-order chi connectivity index (χ0) is 14.6. The van der Waals surface area contributed by atoms with Crippen LogP contribution in [0.3, 0.4) is 0 Å². The van der Waals surface area contributed by atoms with Gasteiger partial charge in [-0.05, 0) is 37.1 Å². The van der Waals surface area contributed by atoms with Crippen molar-refractivity contribution in [2.75, 3.05) is 0 Å². The molecule has 0 spiro atoms. The Morgan fingerprint density at radius 1 is 0.900 bits per heavy atom. The average Bonchev–Trinajstić information content (AvgIpc) is 2.41. The van der Waals surface area contributed by atoms with Crippen molar-refractivity contribution >= 4 is 58.2 Å². The van der Waals surface area contributed by atoms with Gasteiger partial charge in [-0.15, -0.1) is 0 Å². The van der Waals surface area contributed by atoms with Crippen LogP contribution in [0.2, 0.25) is 20.1 Å². The van der Waals surface area contributed by atoms with E-state index in [2.05, 4.69) is 0 Å². The van der Waals surface area contributed by atoms with Crippen LogP contribution in [0.1, 0.15) is 11.1 Å². The van der Waals surface area contributed by atoms with Crippen LogP contribution < -0.4 is 4.74 Å². The molecule has 2 aromatic carbocycles. The molecule has 0 aromatic heterocycles. The van der Waals surface area contributed by atoms with Gasteiger partial charge in [0, 0.05) is 5.02 Å². The molecule has 0 unspecified atom stereocenters. The molecule has 0 radical (unpaired) electrons. The lowest BCUT2D eigenvalue weighted by Gasteiger charge is -2.24. The molecule has 20 heavy (non-hydrogen) atoms. The van der Waals surface area contributed by atoms with E-state index in [1.54, 1.807) is 6.07 Å². The molecular formula is C14H8Cl4OS. The topological polar surface area (TPSA) is 9.23 Å². The minimum Gasteiger partial charge on any atom is -0.453 e. The predicted octanol–water partition coefficient (Wildman–Crippen LogP) is 7.17. The Morgan fingerprint density at radius 3 is 2.30 bits per heavy atom. The summed E-state index contributed by atoms with van der Waals surface area (Å²) < 4.78 is 5.91. The first-order chi connectivity index (χ1) is 9.40. The van der Waals surface area contributed by atoms with Gasteiger partial charge in [-0.3, -0.25) is 0 Å². The molecule has 0 bridgehead atoms. The fraction of sp³-hybridized carbons (Fsp3) is 0.143. The van der Waals surface area contributed by atoms with Crippen molar-refractivity contribution in [2.45, 2.75) is 23.6 Å². The van der Waals surface area contributed by atoms with E-state index >= 15 is 0 Å². The Morgan fingerprint density at radius 2 is 1.60 bits per heavy atom. The Labute approximate surface area is 141 Å². The molecule has 0 saturated carbocycles. The summed E-state index contributed by atoms with van der Waals surface area (Å²) in [6.07, 6.45) is 0. The van der Waals surface area contributed by atoms with Crippen LogP contribution in [0.4, 0.5) is 0 Å². The first-order valence-corrected chi connectivity index (χ1v) is 8.06. The molecule has 0 amide bonds. The van der Waals surface area contributed by atoms with Crippen molar-refractivity contribution in [2.24, 2.45) is 0 Å². The van der Waals surface area contributed by atoms with Crippen LogP contribution in [-0.4, -0.2) is 0 Å². The van der Waals surface area contributed by atoms with Gasteiger partial charge >= 0.3 is 0 Å². The summed E-state index contributed by atoms with van der Waals surface area (Å²) in [6.45, 7) is 3.80. The molecule has 6 heteroatoms. The van der Waals surface area contributed by atoms with E-state index in [-0.39, 0.29) is 0 Å². The highest BCUT2D eigenvalue weighted by molar-refractivity contribution is 7.99. The minimum absolute atomic E-state index is 0.484. The van der Waals surface area contributed by atoms with Crippen LogP contribution in [0.15, 0.2) is 21.9 Å². The predicted molar refractivity (Wildman–Crippen MR) is 86.6 cm³/mol. The molecule has 104 valence electrons. The van der Waals surface area contributed by atoms with E-state index < -0.39 is 0 Å². The Balaban J connectivity index is 2.24. The fourth-order valence-electron chi connectivity index (χ4n) is 1.98. The van der Waals surface area contributed by atoms with Crippen LogP contribution in [-0.2, 0) is 0 Å². The average molecular weight is 366 g/mol. The maximum atomic E-state index is 6.32. The van der Waals surface area contributed by atoms with Crippen molar-refractivity contribution in [3.05, 3.63) is 43.4 Å². The number of fused-ring (bicyclic) bond motifs is 2. The smallest absolute Gasteiger partial charge is 0.160 e. The first-order valence-electron chi connectivity index (χ1n) is 5.73. The Kier molecular flexibility index (Phi) is 3.81. The Hall–Kier alpha value is -0.250. The second-order valence-electron chi connectivity index (χ2n) is 4.48. The van der Waals surface area contributed by atoms with Gasteiger partial charge < -0.3 is 4.74 Å². The largest absolute Gasteiger partial charge is 0.453 e. The maximum Gasteiger partial charge on any atom is 0.160 e. The highest BCUT2D eigenvalue weighted by Gasteiger charge is 2.27. The van der Waals surface area contributed by atoms with Gasteiger partial charge in [-0.2, -0.15) is 0 Å². The van der Waals surface area contributed by atoms with Gasteiger partial charge in [-0.25, -0.2) is 0 Å². The molecule has 0 N–H and O–H groups in total. The number of hydrogen-bond acceptors (Lipinski definition) is 2. The molecule has 0 fully saturated rings. The molecule has 0 saturated heterocycles. The number of rotatable bonds is 0. The van der Waals surface area contributed by atoms with Crippen molar-refractivity contribution in [3.8, 4) is 11.5 Å². The zero-order valence-electron chi connectivity index (χ0n) is 10.5. The summed E-state index contributed by atoms with van der Waals surface area (Å²) in [6, 6.07) is 3.55. The van der Waals surface area contributed by atoms with Crippen LogP contribution in [0.5, 0.6) is 11.5 Å². The van der Waals surface area contributed by atoms with Crippen molar-refractivity contribution < 1.29 is 4.74 Å². The second kappa shape index (κ2) is 5.19. The fourth-order valence-corrected chi connectivity index (χ4v) is 4.26. The van der Waals surface area contributed by atoms with Crippen LogP contribution in [0.25, 0.3) is 0 Å². The summed E-state index contributed by atoms with van der Waals surface area (Å²) in [5, 5.41) is 2.11. The highest BCUT2D eigenvalue weighted by Crippen LogP contribution is 2.56. The maximum absolute atomic E-state index is 6.32. The molecule has 0 atom stereocenters. The molecule has 1 aliphatic heterocycles. The molecule has 3 rings (SSSR count). The summed E-state index contributed by atoms with van der Waals surface area (Å²) in [7, 11) is 0. The molecule has 1 aliphatic rings. The monoisotopic (exact) mass is 364 g/mol. The van der Waals surface area contributed by atoms with Crippen LogP contribution in [0, 0.1) is 13.8 Å². The van der Waals surface area contributed by atoms with Crippen LogP contribution >= 0.6 is 58.2 Å². The summed E-state index contributed by atoms with van der Waals surface area (Å²) in [4.78, 5) is 1.66.